The molecule has 0 aliphatic carbocycles. The summed E-state index contributed by atoms with van der Waals surface area (Å²) in [5.41, 5.74) is -0.109. The van der Waals surface area contributed by atoms with Gasteiger partial charge in [-0.2, -0.15) is 0 Å². The number of halogens is 3. The molecule has 23 heavy (non-hydrogen) atoms. The molecule has 0 aromatic heterocycles. The smallest absolute Gasteiger partial charge is 0.254 e. The summed E-state index contributed by atoms with van der Waals surface area (Å²) in [6.07, 6.45) is 0. The van der Waals surface area contributed by atoms with E-state index in [1.807, 2.05) is 0 Å². The van der Waals surface area contributed by atoms with Gasteiger partial charge in [-0.15, -0.1) is 0 Å². The van der Waals surface area contributed by atoms with Gasteiger partial charge in [0.2, 0.25) is 0 Å². The highest BCUT2D eigenvalue weighted by Gasteiger charge is 2.19. The highest BCUT2D eigenvalue weighted by atomic mass is 19.2. The molecule has 2 N–H and O–H groups in total. The summed E-state index contributed by atoms with van der Waals surface area (Å²) in [6, 6.07) is 8.41. The van der Waals surface area contributed by atoms with E-state index in [0.29, 0.717) is 17.2 Å². The van der Waals surface area contributed by atoms with E-state index < -0.39 is 34.5 Å². The third-order valence-electron chi connectivity index (χ3n) is 3.39. The van der Waals surface area contributed by atoms with E-state index >= 15 is 0 Å². The van der Waals surface area contributed by atoms with Gasteiger partial charge in [0.05, 0.1) is 11.2 Å². The molecule has 0 radical (unpaired) electrons. The lowest BCUT2D eigenvalue weighted by Gasteiger charge is -2.18. The highest BCUT2D eigenvalue weighted by Crippen LogP contribution is 2.20. The Hall–Kier alpha value is -2.34. The largest absolute Gasteiger partial charge is 0.386 e. The van der Waals surface area contributed by atoms with Crippen LogP contribution in [0.4, 0.5) is 13.2 Å². The van der Waals surface area contributed by atoms with E-state index in [0.717, 1.165) is 6.07 Å². The monoisotopic (exact) mass is 323 g/mol. The van der Waals surface area contributed by atoms with Gasteiger partial charge in [-0.1, -0.05) is 24.3 Å². The van der Waals surface area contributed by atoms with Crippen molar-refractivity contribution in [2.45, 2.75) is 26.0 Å². The van der Waals surface area contributed by atoms with Gasteiger partial charge in [0.15, 0.2) is 17.5 Å². The highest BCUT2D eigenvalue weighted by molar-refractivity contribution is 5.94. The molecule has 0 aliphatic heterocycles. The molecule has 0 heterocycles. The Morgan fingerprint density at radius 1 is 1.04 bits per heavy atom. The number of carbonyl (C=O) groups is 1. The second-order valence-electron chi connectivity index (χ2n) is 5.66. The topological polar surface area (TPSA) is 49.3 Å². The van der Waals surface area contributed by atoms with Crippen molar-refractivity contribution < 1.29 is 23.1 Å². The first-order valence-electron chi connectivity index (χ1n) is 6.93. The first-order chi connectivity index (χ1) is 10.7. The molecule has 6 heteroatoms. The van der Waals surface area contributed by atoms with Crippen LogP contribution in [0, 0.1) is 17.5 Å². The Kier molecular flexibility index (Phi) is 4.75. The van der Waals surface area contributed by atoms with Crippen molar-refractivity contribution in [3.05, 3.63) is 70.5 Å². The maximum absolute atomic E-state index is 13.5. The van der Waals surface area contributed by atoms with E-state index in [1.54, 1.807) is 38.1 Å². The summed E-state index contributed by atoms with van der Waals surface area (Å²) in [5, 5.41) is 12.3. The minimum absolute atomic E-state index is 0.0867. The molecule has 0 spiro atoms. The van der Waals surface area contributed by atoms with Crippen LogP contribution in [0.2, 0.25) is 0 Å². The first kappa shape index (κ1) is 17.0. The molecule has 0 saturated carbocycles. The van der Waals surface area contributed by atoms with Crippen molar-refractivity contribution in [1.29, 1.82) is 0 Å². The normalized spacial score (nSPS) is 11.4. The lowest BCUT2D eigenvalue weighted by molar-refractivity contribution is 0.0785. The van der Waals surface area contributed by atoms with Crippen LogP contribution in [0.25, 0.3) is 0 Å². The summed E-state index contributed by atoms with van der Waals surface area (Å²) in [7, 11) is 0. The van der Waals surface area contributed by atoms with E-state index in [9.17, 15) is 23.1 Å². The van der Waals surface area contributed by atoms with E-state index in [1.165, 1.54) is 0 Å². The van der Waals surface area contributed by atoms with Crippen LogP contribution < -0.4 is 5.32 Å². The standard InChI is InChI=1S/C17H16F3NO2/c1-17(2,23)11-5-3-10(4-6-11)9-21-16(22)12-7-8-13(18)15(20)14(12)19/h3-8,23H,9H2,1-2H3,(H,21,22). The SMILES string of the molecule is CC(C)(O)c1ccc(CNC(=O)c2ccc(F)c(F)c2F)cc1. The fourth-order valence-corrected chi connectivity index (χ4v) is 2.01. The van der Waals surface area contributed by atoms with Crippen molar-refractivity contribution in [2.24, 2.45) is 0 Å². The second kappa shape index (κ2) is 6.42. The summed E-state index contributed by atoms with van der Waals surface area (Å²) < 4.78 is 39.5. The Labute approximate surface area is 131 Å². The van der Waals surface area contributed by atoms with Crippen molar-refractivity contribution >= 4 is 5.91 Å². The molecule has 2 aromatic rings. The predicted molar refractivity (Wildman–Crippen MR) is 79.2 cm³/mol. The van der Waals surface area contributed by atoms with Crippen LogP contribution in [0.5, 0.6) is 0 Å². The van der Waals surface area contributed by atoms with Crippen LogP contribution in [-0.2, 0) is 12.1 Å². The summed E-state index contributed by atoms with van der Waals surface area (Å²) >= 11 is 0. The lowest BCUT2D eigenvalue weighted by atomic mass is 9.97. The molecular weight excluding hydrogens is 307 g/mol. The van der Waals surface area contributed by atoms with Gasteiger partial charge in [0.25, 0.3) is 5.91 Å². The molecule has 122 valence electrons. The Morgan fingerprint density at radius 2 is 1.65 bits per heavy atom. The number of benzene rings is 2. The summed E-state index contributed by atoms with van der Waals surface area (Å²) in [4.78, 5) is 11.8. The van der Waals surface area contributed by atoms with Crippen LogP contribution in [-0.4, -0.2) is 11.0 Å². The minimum atomic E-state index is -1.67. The van der Waals surface area contributed by atoms with Gasteiger partial charge in [-0.05, 0) is 37.1 Å². The molecular formula is C17H16F3NO2. The third-order valence-corrected chi connectivity index (χ3v) is 3.39. The maximum atomic E-state index is 13.5. The number of rotatable bonds is 4. The Balaban J connectivity index is 2.06. The molecule has 0 bridgehead atoms. The van der Waals surface area contributed by atoms with Gasteiger partial charge in [-0.3, -0.25) is 4.79 Å². The predicted octanol–water partition coefficient (Wildman–Crippen LogP) is 3.26. The molecule has 0 fully saturated rings. The summed E-state index contributed by atoms with van der Waals surface area (Å²) in [6.45, 7) is 3.38. The summed E-state index contributed by atoms with van der Waals surface area (Å²) in [5.74, 6) is -5.37. The van der Waals surface area contributed by atoms with Crippen LogP contribution >= 0.6 is 0 Å². The van der Waals surface area contributed by atoms with Crippen LogP contribution in [0.3, 0.4) is 0 Å². The number of carbonyl (C=O) groups excluding carboxylic acids is 1. The van der Waals surface area contributed by atoms with Gasteiger partial charge in [0, 0.05) is 6.54 Å². The molecule has 1 amide bonds. The van der Waals surface area contributed by atoms with Gasteiger partial charge in [0.1, 0.15) is 0 Å². The molecule has 3 nitrogen and oxygen atoms in total. The zero-order valence-electron chi connectivity index (χ0n) is 12.7. The van der Waals surface area contributed by atoms with Crippen molar-refractivity contribution in [3.8, 4) is 0 Å². The molecule has 2 rings (SSSR count). The van der Waals surface area contributed by atoms with E-state index in [2.05, 4.69) is 5.32 Å². The Morgan fingerprint density at radius 3 is 2.22 bits per heavy atom. The van der Waals surface area contributed by atoms with Crippen molar-refractivity contribution in [2.75, 3.05) is 0 Å². The number of amides is 1. The number of aliphatic hydroxyl groups is 1. The molecule has 0 aliphatic rings. The average molecular weight is 323 g/mol. The number of nitrogens with one attached hydrogen (secondary N) is 1. The van der Waals surface area contributed by atoms with Crippen molar-refractivity contribution in [1.82, 2.24) is 5.32 Å². The zero-order chi connectivity index (χ0) is 17.2. The van der Waals surface area contributed by atoms with Gasteiger partial charge < -0.3 is 10.4 Å². The molecule has 2 aromatic carbocycles. The van der Waals surface area contributed by atoms with Crippen LogP contribution in [0.1, 0.15) is 35.3 Å². The molecule has 0 unspecified atom stereocenters. The number of hydrogen-bond acceptors (Lipinski definition) is 2. The molecule has 0 atom stereocenters. The Bertz CT molecular complexity index is 722. The fraction of sp³-hybridized carbons (Fsp3) is 0.235. The minimum Gasteiger partial charge on any atom is -0.386 e. The zero-order valence-corrected chi connectivity index (χ0v) is 12.7. The third kappa shape index (κ3) is 3.90. The van der Waals surface area contributed by atoms with Crippen molar-refractivity contribution in [3.63, 3.8) is 0 Å². The number of hydrogen-bond donors (Lipinski definition) is 2. The second-order valence-corrected chi connectivity index (χ2v) is 5.66. The maximum Gasteiger partial charge on any atom is 0.254 e. The molecule has 0 saturated heterocycles. The van der Waals surface area contributed by atoms with Gasteiger partial charge >= 0.3 is 0 Å². The van der Waals surface area contributed by atoms with Crippen LogP contribution in [0.15, 0.2) is 36.4 Å². The van der Waals surface area contributed by atoms with Gasteiger partial charge in [-0.25, -0.2) is 13.2 Å². The van der Waals surface area contributed by atoms with E-state index in [-0.39, 0.29) is 6.54 Å². The quantitative estimate of drug-likeness (QED) is 0.849. The first-order valence-corrected chi connectivity index (χ1v) is 6.93. The van der Waals surface area contributed by atoms with E-state index in [4.69, 9.17) is 0 Å². The fourth-order valence-electron chi connectivity index (χ4n) is 2.01. The average Bonchev–Trinajstić information content (AvgIpc) is 2.50. The lowest BCUT2D eigenvalue weighted by Crippen LogP contribution is -2.24.